The Hall–Kier alpha value is -2.37. The van der Waals surface area contributed by atoms with Crippen LogP contribution in [0.25, 0.3) is 17.1 Å². The van der Waals surface area contributed by atoms with Crippen molar-refractivity contribution in [1.29, 1.82) is 0 Å². The molecule has 0 radical (unpaired) electrons. The Balaban J connectivity index is 2.27. The average Bonchev–Trinajstić information content (AvgIpc) is 2.83. The van der Waals surface area contributed by atoms with E-state index in [0.29, 0.717) is 5.76 Å². The molecule has 6 heteroatoms. The molecule has 0 atom stereocenters. The van der Waals surface area contributed by atoms with E-state index in [1.54, 1.807) is 31.0 Å². The largest absolute Gasteiger partial charge is 0.422 e. The second-order valence-corrected chi connectivity index (χ2v) is 3.01. The molecule has 0 aliphatic carbocycles. The maximum atomic E-state index is 5.41. The molecule has 0 spiro atoms. The summed E-state index contributed by atoms with van der Waals surface area (Å²) in [4.78, 5) is 12.0. The first-order valence-electron chi connectivity index (χ1n) is 4.33. The average molecular weight is 201 g/mol. The van der Waals surface area contributed by atoms with Gasteiger partial charge in [0.25, 0.3) is 6.01 Å². The van der Waals surface area contributed by atoms with Gasteiger partial charge in [0, 0.05) is 12.4 Å². The second-order valence-electron chi connectivity index (χ2n) is 3.01. The first-order valence-corrected chi connectivity index (χ1v) is 4.33. The van der Waals surface area contributed by atoms with Crippen LogP contribution in [-0.4, -0.2) is 19.4 Å². The van der Waals surface area contributed by atoms with Crippen molar-refractivity contribution in [3.8, 4) is 11.5 Å². The van der Waals surface area contributed by atoms with Gasteiger partial charge in [0.05, 0.1) is 18.6 Å². The summed E-state index contributed by atoms with van der Waals surface area (Å²) in [6.45, 7) is 0. The highest BCUT2D eigenvalue weighted by atomic mass is 16.4. The van der Waals surface area contributed by atoms with Gasteiger partial charge in [-0.05, 0) is 0 Å². The lowest BCUT2D eigenvalue weighted by Crippen LogP contribution is -1.87. The van der Waals surface area contributed by atoms with Crippen LogP contribution in [0.2, 0.25) is 0 Å². The van der Waals surface area contributed by atoms with Crippen LogP contribution in [0.15, 0.2) is 35.4 Å². The minimum absolute atomic E-state index is 0.147. The SMILES string of the molecule is Nc1ncc(-c2cnc3cnccn23)o1. The van der Waals surface area contributed by atoms with Crippen LogP contribution in [0.5, 0.6) is 0 Å². The first kappa shape index (κ1) is 7.98. The molecule has 0 aromatic carbocycles. The summed E-state index contributed by atoms with van der Waals surface area (Å²) in [5.41, 5.74) is 6.96. The van der Waals surface area contributed by atoms with Crippen molar-refractivity contribution in [2.24, 2.45) is 0 Å². The number of aromatic nitrogens is 4. The van der Waals surface area contributed by atoms with Gasteiger partial charge in [-0.15, -0.1) is 0 Å². The number of fused-ring (bicyclic) bond motifs is 1. The number of nitrogens with two attached hydrogens (primary N) is 1. The molecule has 3 heterocycles. The first-order chi connectivity index (χ1) is 7.34. The molecular formula is C9H7N5O. The predicted octanol–water partition coefficient (Wildman–Crippen LogP) is 0.966. The Morgan fingerprint density at radius 1 is 1.20 bits per heavy atom. The third-order valence-electron chi connectivity index (χ3n) is 2.09. The summed E-state index contributed by atoms with van der Waals surface area (Å²) in [7, 11) is 0. The van der Waals surface area contributed by atoms with Crippen LogP contribution >= 0.6 is 0 Å². The van der Waals surface area contributed by atoms with E-state index in [9.17, 15) is 0 Å². The molecule has 0 saturated carbocycles. The van der Waals surface area contributed by atoms with Gasteiger partial charge >= 0.3 is 0 Å². The van der Waals surface area contributed by atoms with Gasteiger partial charge in [0.15, 0.2) is 11.4 Å². The Kier molecular flexibility index (Phi) is 1.49. The lowest BCUT2D eigenvalue weighted by atomic mass is 10.4. The Morgan fingerprint density at radius 3 is 2.93 bits per heavy atom. The molecule has 3 aromatic heterocycles. The van der Waals surface area contributed by atoms with E-state index >= 15 is 0 Å². The van der Waals surface area contributed by atoms with Gasteiger partial charge < -0.3 is 10.2 Å². The fraction of sp³-hybridized carbons (Fsp3) is 0. The fourth-order valence-corrected chi connectivity index (χ4v) is 1.43. The van der Waals surface area contributed by atoms with Crippen LogP contribution in [0.1, 0.15) is 0 Å². The second kappa shape index (κ2) is 2.81. The fourth-order valence-electron chi connectivity index (χ4n) is 1.43. The molecule has 3 aromatic rings. The predicted molar refractivity (Wildman–Crippen MR) is 52.9 cm³/mol. The third kappa shape index (κ3) is 1.15. The topological polar surface area (TPSA) is 82.2 Å². The summed E-state index contributed by atoms with van der Waals surface area (Å²) in [6, 6.07) is 0.147. The third-order valence-corrected chi connectivity index (χ3v) is 2.09. The highest BCUT2D eigenvalue weighted by Gasteiger charge is 2.09. The van der Waals surface area contributed by atoms with Crippen LogP contribution in [0, 0.1) is 0 Å². The summed E-state index contributed by atoms with van der Waals surface area (Å²) in [5.74, 6) is 0.589. The lowest BCUT2D eigenvalue weighted by Gasteiger charge is -1.95. The van der Waals surface area contributed by atoms with E-state index in [4.69, 9.17) is 10.2 Å². The van der Waals surface area contributed by atoms with Gasteiger partial charge in [-0.25, -0.2) is 9.97 Å². The zero-order valence-electron chi connectivity index (χ0n) is 7.66. The summed E-state index contributed by atoms with van der Waals surface area (Å²) < 4.78 is 7.08. The molecule has 6 nitrogen and oxygen atoms in total. The highest BCUT2D eigenvalue weighted by molar-refractivity contribution is 5.57. The van der Waals surface area contributed by atoms with E-state index < -0.39 is 0 Å². The van der Waals surface area contributed by atoms with Crippen LogP contribution < -0.4 is 5.73 Å². The molecule has 15 heavy (non-hydrogen) atoms. The molecule has 0 aliphatic rings. The van der Waals surface area contributed by atoms with E-state index in [0.717, 1.165) is 11.3 Å². The van der Waals surface area contributed by atoms with Gasteiger partial charge in [-0.2, -0.15) is 0 Å². The standard InChI is InChI=1S/C9H7N5O/c10-9-13-4-7(15-9)6-3-12-8-5-11-1-2-14(6)8/h1-5H,(H2,10,13). The molecule has 0 unspecified atom stereocenters. The zero-order chi connectivity index (χ0) is 10.3. The molecule has 2 N–H and O–H groups in total. The van der Waals surface area contributed by atoms with E-state index in [1.807, 2.05) is 4.40 Å². The lowest BCUT2D eigenvalue weighted by molar-refractivity contribution is 0.592. The van der Waals surface area contributed by atoms with Gasteiger partial charge in [0.1, 0.15) is 5.69 Å². The quantitative estimate of drug-likeness (QED) is 0.634. The van der Waals surface area contributed by atoms with Crippen LogP contribution in [0.4, 0.5) is 6.01 Å². The summed E-state index contributed by atoms with van der Waals surface area (Å²) in [5, 5.41) is 0. The number of anilines is 1. The van der Waals surface area contributed by atoms with Gasteiger partial charge in [0.2, 0.25) is 0 Å². The molecule has 3 rings (SSSR count). The Labute approximate surface area is 84.4 Å². The Bertz CT molecular complexity index is 612. The maximum Gasteiger partial charge on any atom is 0.292 e. The van der Waals surface area contributed by atoms with E-state index in [2.05, 4.69) is 15.0 Å². The minimum Gasteiger partial charge on any atom is -0.422 e. The number of oxazole rings is 1. The monoisotopic (exact) mass is 201 g/mol. The maximum absolute atomic E-state index is 5.41. The molecule has 74 valence electrons. The van der Waals surface area contributed by atoms with Gasteiger partial charge in [-0.1, -0.05) is 0 Å². The number of rotatable bonds is 1. The normalized spacial score (nSPS) is 10.9. The van der Waals surface area contributed by atoms with Crippen molar-refractivity contribution < 1.29 is 4.42 Å². The smallest absolute Gasteiger partial charge is 0.292 e. The Morgan fingerprint density at radius 2 is 2.13 bits per heavy atom. The van der Waals surface area contributed by atoms with Crippen molar-refractivity contribution in [2.45, 2.75) is 0 Å². The minimum atomic E-state index is 0.147. The van der Waals surface area contributed by atoms with Crippen molar-refractivity contribution in [1.82, 2.24) is 19.4 Å². The van der Waals surface area contributed by atoms with Gasteiger partial charge in [-0.3, -0.25) is 9.38 Å². The molecule has 0 bridgehead atoms. The van der Waals surface area contributed by atoms with E-state index in [1.165, 1.54) is 0 Å². The van der Waals surface area contributed by atoms with Crippen LogP contribution in [0.3, 0.4) is 0 Å². The summed E-state index contributed by atoms with van der Waals surface area (Å²) >= 11 is 0. The number of nitrogen functional groups attached to an aromatic ring is 1. The van der Waals surface area contributed by atoms with Crippen molar-refractivity contribution in [3.63, 3.8) is 0 Å². The number of hydrogen-bond donors (Lipinski definition) is 1. The zero-order valence-corrected chi connectivity index (χ0v) is 7.66. The summed E-state index contributed by atoms with van der Waals surface area (Å²) in [6.07, 6.45) is 8.41. The highest BCUT2D eigenvalue weighted by Crippen LogP contribution is 2.21. The molecular weight excluding hydrogens is 194 g/mol. The molecule has 0 aliphatic heterocycles. The number of nitrogens with zero attached hydrogens (tertiary/aromatic N) is 4. The van der Waals surface area contributed by atoms with Crippen molar-refractivity contribution in [2.75, 3.05) is 5.73 Å². The molecule has 0 fully saturated rings. The van der Waals surface area contributed by atoms with Crippen molar-refractivity contribution in [3.05, 3.63) is 31.0 Å². The molecule has 0 saturated heterocycles. The van der Waals surface area contributed by atoms with Crippen LogP contribution in [-0.2, 0) is 0 Å². The number of hydrogen-bond acceptors (Lipinski definition) is 5. The number of imidazole rings is 1. The van der Waals surface area contributed by atoms with E-state index in [-0.39, 0.29) is 6.01 Å². The van der Waals surface area contributed by atoms with Crippen molar-refractivity contribution >= 4 is 11.7 Å². The molecule has 0 amide bonds.